The van der Waals surface area contributed by atoms with Gasteiger partial charge in [-0.2, -0.15) is 0 Å². The highest BCUT2D eigenvalue weighted by molar-refractivity contribution is 5.93. The largest absolute Gasteiger partial charge is 0.369 e. The van der Waals surface area contributed by atoms with E-state index < -0.39 is 11.4 Å². The number of aromatic nitrogens is 4. The first kappa shape index (κ1) is 28.9. The molecule has 2 aliphatic rings. The van der Waals surface area contributed by atoms with Crippen LogP contribution in [0.4, 0.5) is 11.6 Å². The van der Waals surface area contributed by atoms with Crippen LogP contribution in [0.1, 0.15) is 104 Å². The lowest BCUT2D eigenvalue weighted by atomic mass is 9.90. The third-order valence-electron chi connectivity index (χ3n) is 8.75. The number of aliphatic hydroxyl groups is 2. The second kappa shape index (κ2) is 11.9. The minimum absolute atomic E-state index is 0.197. The highest BCUT2D eigenvalue weighted by Crippen LogP contribution is 2.37. The predicted molar refractivity (Wildman–Crippen MR) is 152 cm³/mol. The first-order valence-electron chi connectivity index (χ1n) is 14.8. The minimum atomic E-state index is -1.69. The Kier molecular flexibility index (Phi) is 9.07. The van der Waals surface area contributed by atoms with Crippen molar-refractivity contribution in [3.05, 3.63) is 11.6 Å². The summed E-state index contributed by atoms with van der Waals surface area (Å²) < 4.78 is 0. The number of fused-ring (bicyclic) bond motifs is 1. The van der Waals surface area contributed by atoms with Crippen LogP contribution in [0.5, 0.6) is 0 Å². The molecule has 2 aliphatic heterocycles. The molecule has 0 radical (unpaired) electrons. The van der Waals surface area contributed by atoms with Gasteiger partial charge in [-0.25, -0.2) is 19.9 Å². The van der Waals surface area contributed by atoms with Gasteiger partial charge in [-0.15, -0.1) is 0 Å². The van der Waals surface area contributed by atoms with Gasteiger partial charge in [0.05, 0.1) is 0 Å². The van der Waals surface area contributed by atoms with Gasteiger partial charge < -0.3 is 20.0 Å². The lowest BCUT2D eigenvalue weighted by molar-refractivity contribution is -0.0305. The molecule has 0 aromatic carbocycles. The second-order valence-electron chi connectivity index (χ2n) is 11.2. The van der Waals surface area contributed by atoms with Gasteiger partial charge in [-0.3, -0.25) is 11.5 Å². The Bertz CT molecular complexity index is 987. The summed E-state index contributed by atoms with van der Waals surface area (Å²) in [5.74, 6) is 1.30. The molecule has 212 valence electrons. The first-order chi connectivity index (χ1) is 18.2. The quantitative estimate of drug-likeness (QED) is 0.337. The molecule has 4 heterocycles. The first-order valence-corrected chi connectivity index (χ1v) is 14.8. The van der Waals surface area contributed by atoms with Crippen molar-refractivity contribution < 1.29 is 10.2 Å². The van der Waals surface area contributed by atoms with Crippen molar-refractivity contribution in [2.75, 3.05) is 36.0 Å². The van der Waals surface area contributed by atoms with Crippen molar-refractivity contribution in [3.63, 3.8) is 0 Å². The van der Waals surface area contributed by atoms with E-state index in [0.717, 1.165) is 64.7 Å². The maximum absolute atomic E-state index is 11.6. The van der Waals surface area contributed by atoms with Crippen molar-refractivity contribution in [1.29, 1.82) is 0 Å². The SMILES string of the molecule is CCC(CC)C(N)(O)c1nc(N2CCCCC2)c2nc(C(N)(O)C(CC)CC)nc(N3CCCCC3)c2n1. The van der Waals surface area contributed by atoms with Crippen molar-refractivity contribution in [3.8, 4) is 0 Å². The molecule has 2 aromatic rings. The number of piperidine rings is 2. The molecule has 2 unspecified atom stereocenters. The highest BCUT2D eigenvalue weighted by atomic mass is 16.3. The van der Waals surface area contributed by atoms with Crippen LogP contribution in [-0.4, -0.2) is 56.3 Å². The molecule has 2 fully saturated rings. The topological polar surface area (TPSA) is 151 Å². The molecule has 6 N–H and O–H groups in total. The van der Waals surface area contributed by atoms with E-state index in [1.54, 1.807) is 0 Å². The molecule has 38 heavy (non-hydrogen) atoms. The van der Waals surface area contributed by atoms with Crippen LogP contribution in [0.15, 0.2) is 0 Å². The van der Waals surface area contributed by atoms with Gasteiger partial charge in [0.15, 0.2) is 34.7 Å². The molecule has 0 saturated carbocycles. The molecule has 10 nitrogen and oxygen atoms in total. The van der Waals surface area contributed by atoms with Crippen LogP contribution < -0.4 is 21.3 Å². The van der Waals surface area contributed by atoms with Crippen LogP contribution in [0.3, 0.4) is 0 Å². The van der Waals surface area contributed by atoms with E-state index in [0.29, 0.717) is 48.4 Å². The maximum Gasteiger partial charge on any atom is 0.178 e. The average molecular weight is 529 g/mol. The van der Waals surface area contributed by atoms with E-state index in [9.17, 15) is 10.2 Å². The van der Waals surface area contributed by atoms with E-state index in [-0.39, 0.29) is 23.5 Å². The molecule has 10 heteroatoms. The number of anilines is 2. The van der Waals surface area contributed by atoms with Crippen LogP contribution in [0.2, 0.25) is 0 Å². The van der Waals surface area contributed by atoms with E-state index in [1.807, 2.05) is 27.7 Å². The molecule has 0 bridgehead atoms. The molecule has 2 aromatic heterocycles. The van der Waals surface area contributed by atoms with E-state index in [1.165, 1.54) is 0 Å². The Labute approximate surface area is 227 Å². The van der Waals surface area contributed by atoms with Crippen molar-refractivity contribution in [1.82, 2.24) is 19.9 Å². The zero-order valence-corrected chi connectivity index (χ0v) is 23.8. The summed E-state index contributed by atoms with van der Waals surface area (Å²) in [6.45, 7) is 11.4. The molecule has 2 saturated heterocycles. The van der Waals surface area contributed by atoms with Crippen molar-refractivity contribution in [2.24, 2.45) is 23.3 Å². The number of nitrogens with zero attached hydrogens (tertiary/aromatic N) is 6. The molecular weight excluding hydrogens is 480 g/mol. The monoisotopic (exact) mass is 528 g/mol. The Morgan fingerprint density at radius 2 is 0.921 bits per heavy atom. The highest BCUT2D eigenvalue weighted by Gasteiger charge is 2.40. The standard InChI is InChI=1S/C28H48N8O2/c1-5-19(6-2)27(29,37)25-31-21-22(23(33-25)35-15-11-9-12-16-35)32-26(28(30,38)20(7-3)8-4)34-24(21)36-17-13-10-14-18-36/h19-20,37-38H,5-18,29-30H2,1-4H3. The Morgan fingerprint density at radius 3 is 1.21 bits per heavy atom. The summed E-state index contributed by atoms with van der Waals surface area (Å²) >= 11 is 0. The van der Waals surface area contributed by atoms with Crippen molar-refractivity contribution in [2.45, 2.75) is 103 Å². The third kappa shape index (κ3) is 5.46. The van der Waals surface area contributed by atoms with Crippen LogP contribution in [0.25, 0.3) is 11.0 Å². The molecular formula is C28H48N8O2. The van der Waals surface area contributed by atoms with Crippen LogP contribution >= 0.6 is 0 Å². The summed E-state index contributed by atoms with van der Waals surface area (Å²) in [6.07, 6.45) is 9.33. The lowest BCUT2D eigenvalue weighted by Gasteiger charge is -2.35. The number of hydrogen-bond acceptors (Lipinski definition) is 10. The van der Waals surface area contributed by atoms with E-state index in [4.69, 9.17) is 31.4 Å². The molecule has 0 aliphatic carbocycles. The Hall–Kier alpha value is -2.14. The normalized spacial score (nSPS) is 20.3. The zero-order chi connectivity index (χ0) is 27.5. The zero-order valence-electron chi connectivity index (χ0n) is 23.8. The fourth-order valence-corrected chi connectivity index (χ4v) is 6.18. The number of hydrogen-bond donors (Lipinski definition) is 4. The fraction of sp³-hybridized carbons (Fsp3) is 0.786. The Balaban J connectivity index is 2.02. The molecule has 4 rings (SSSR count). The third-order valence-corrected chi connectivity index (χ3v) is 8.75. The van der Waals surface area contributed by atoms with E-state index >= 15 is 0 Å². The summed E-state index contributed by atoms with van der Waals surface area (Å²) in [4.78, 5) is 24.1. The number of nitrogens with two attached hydrogens (primary N) is 2. The molecule has 0 spiro atoms. The predicted octanol–water partition coefficient (Wildman–Crippen LogP) is 3.48. The molecule has 0 amide bonds. The summed E-state index contributed by atoms with van der Waals surface area (Å²) in [6, 6.07) is 0. The average Bonchev–Trinajstić information content (AvgIpc) is 2.93. The summed E-state index contributed by atoms with van der Waals surface area (Å²) in [7, 11) is 0. The van der Waals surface area contributed by atoms with Gasteiger partial charge in [0, 0.05) is 38.0 Å². The van der Waals surface area contributed by atoms with Gasteiger partial charge in [-0.05, 0) is 64.2 Å². The summed E-state index contributed by atoms with van der Waals surface area (Å²) in [5, 5.41) is 23.1. The van der Waals surface area contributed by atoms with E-state index in [2.05, 4.69) is 9.80 Å². The van der Waals surface area contributed by atoms with Gasteiger partial charge in [-0.1, -0.05) is 27.7 Å². The second-order valence-corrected chi connectivity index (χ2v) is 11.2. The smallest absolute Gasteiger partial charge is 0.178 e. The minimum Gasteiger partial charge on any atom is -0.369 e. The maximum atomic E-state index is 11.6. The van der Waals surface area contributed by atoms with Gasteiger partial charge in [0.25, 0.3) is 0 Å². The van der Waals surface area contributed by atoms with Crippen molar-refractivity contribution >= 4 is 22.7 Å². The lowest BCUT2D eigenvalue weighted by Crippen LogP contribution is -2.47. The molecule has 2 atom stereocenters. The number of rotatable bonds is 10. The fourth-order valence-electron chi connectivity index (χ4n) is 6.18. The van der Waals surface area contributed by atoms with Crippen LogP contribution in [-0.2, 0) is 11.4 Å². The van der Waals surface area contributed by atoms with Crippen LogP contribution in [0, 0.1) is 11.8 Å². The Morgan fingerprint density at radius 1 is 0.605 bits per heavy atom. The summed E-state index contributed by atoms with van der Waals surface area (Å²) in [5.41, 5.74) is 10.9. The van der Waals surface area contributed by atoms with Gasteiger partial charge in [0.1, 0.15) is 11.0 Å². The van der Waals surface area contributed by atoms with Gasteiger partial charge in [0.2, 0.25) is 0 Å². The van der Waals surface area contributed by atoms with Gasteiger partial charge >= 0.3 is 0 Å².